The average Bonchev–Trinajstić information content (AvgIpc) is 3.68. The van der Waals surface area contributed by atoms with Crippen LogP contribution in [-0.2, 0) is 0 Å². The molecular formula is C38H28N2O2S. The van der Waals surface area contributed by atoms with Crippen LogP contribution in [0.1, 0.15) is 23.2 Å². The molecule has 0 saturated carbocycles. The Morgan fingerprint density at radius 3 is 1.60 bits per heavy atom. The SMILES string of the molecule is Cc1nc(C)c(-c2ccc(-c3ccc4c(c3)sc3cc(-c5ccc(-c6oc(C)nc6C)cc5)c5ccccc5c34)cc2)o1. The highest BCUT2D eigenvalue weighted by atomic mass is 32.1. The van der Waals surface area contributed by atoms with Crippen molar-refractivity contribution >= 4 is 42.3 Å². The van der Waals surface area contributed by atoms with Crippen molar-refractivity contribution in [2.45, 2.75) is 27.7 Å². The van der Waals surface area contributed by atoms with Crippen LogP contribution in [0.3, 0.4) is 0 Å². The minimum Gasteiger partial charge on any atom is -0.441 e. The van der Waals surface area contributed by atoms with Gasteiger partial charge in [-0.05, 0) is 59.0 Å². The minimum absolute atomic E-state index is 0.689. The van der Waals surface area contributed by atoms with Gasteiger partial charge in [0.15, 0.2) is 23.3 Å². The van der Waals surface area contributed by atoms with E-state index in [-0.39, 0.29) is 0 Å². The monoisotopic (exact) mass is 576 g/mol. The lowest BCUT2D eigenvalue weighted by Gasteiger charge is -2.10. The molecule has 5 heteroatoms. The maximum Gasteiger partial charge on any atom is 0.192 e. The van der Waals surface area contributed by atoms with Gasteiger partial charge in [-0.1, -0.05) is 84.9 Å². The van der Waals surface area contributed by atoms with E-state index in [1.807, 2.05) is 39.0 Å². The van der Waals surface area contributed by atoms with Crippen molar-refractivity contribution in [3.63, 3.8) is 0 Å². The Bertz CT molecular complexity index is 2320. The number of aryl methyl sites for hydroxylation is 4. The molecule has 0 N–H and O–H groups in total. The number of oxazole rings is 2. The molecule has 0 spiro atoms. The van der Waals surface area contributed by atoms with Gasteiger partial charge < -0.3 is 8.83 Å². The third-order valence-corrected chi connectivity index (χ3v) is 9.32. The van der Waals surface area contributed by atoms with E-state index in [1.165, 1.54) is 53.2 Å². The van der Waals surface area contributed by atoms with E-state index in [2.05, 4.69) is 107 Å². The van der Waals surface area contributed by atoms with E-state index in [4.69, 9.17) is 8.83 Å². The number of benzene rings is 5. The molecule has 208 valence electrons. The minimum atomic E-state index is 0.689. The van der Waals surface area contributed by atoms with E-state index in [1.54, 1.807) is 0 Å². The van der Waals surface area contributed by atoms with Crippen LogP contribution in [0, 0.1) is 27.7 Å². The number of aromatic nitrogens is 2. The van der Waals surface area contributed by atoms with Crippen LogP contribution in [0.5, 0.6) is 0 Å². The number of rotatable bonds is 4. The summed E-state index contributed by atoms with van der Waals surface area (Å²) in [4.78, 5) is 8.86. The molecule has 0 fully saturated rings. The first-order valence-electron chi connectivity index (χ1n) is 14.4. The maximum absolute atomic E-state index is 5.86. The molecule has 43 heavy (non-hydrogen) atoms. The second-order valence-corrected chi connectivity index (χ2v) is 12.2. The first-order valence-corrected chi connectivity index (χ1v) is 15.2. The smallest absolute Gasteiger partial charge is 0.192 e. The Labute approximate surface area is 253 Å². The summed E-state index contributed by atoms with van der Waals surface area (Å²) < 4.78 is 14.3. The summed E-state index contributed by atoms with van der Waals surface area (Å²) >= 11 is 1.86. The molecule has 5 aromatic carbocycles. The van der Waals surface area contributed by atoms with Gasteiger partial charge in [-0.2, -0.15) is 0 Å². The maximum atomic E-state index is 5.86. The Hall–Kier alpha value is -5.00. The molecule has 0 aliphatic rings. The summed E-state index contributed by atoms with van der Waals surface area (Å²) in [5.74, 6) is 3.05. The Morgan fingerprint density at radius 1 is 0.488 bits per heavy atom. The first kappa shape index (κ1) is 25.7. The predicted octanol–water partition coefficient (Wildman–Crippen LogP) is 11.1. The Morgan fingerprint density at radius 2 is 1.02 bits per heavy atom. The van der Waals surface area contributed by atoms with Gasteiger partial charge in [0.05, 0.1) is 11.4 Å². The van der Waals surface area contributed by atoms with Crippen molar-refractivity contribution in [2.75, 3.05) is 0 Å². The van der Waals surface area contributed by atoms with Gasteiger partial charge in [-0.15, -0.1) is 11.3 Å². The molecular weight excluding hydrogens is 548 g/mol. The molecule has 0 amide bonds. The van der Waals surface area contributed by atoms with Crippen LogP contribution in [0.25, 0.3) is 75.8 Å². The molecule has 0 bridgehead atoms. The van der Waals surface area contributed by atoms with Crippen LogP contribution >= 0.6 is 11.3 Å². The fraction of sp³-hybridized carbons (Fsp3) is 0.105. The van der Waals surface area contributed by atoms with Crippen LogP contribution in [0.15, 0.2) is 106 Å². The lowest BCUT2D eigenvalue weighted by atomic mass is 9.94. The third-order valence-electron chi connectivity index (χ3n) is 8.22. The summed E-state index contributed by atoms with van der Waals surface area (Å²) in [5, 5.41) is 5.15. The average molecular weight is 577 g/mol. The number of hydrogen-bond acceptors (Lipinski definition) is 5. The summed E-state index contributed by atoms with van der Waals surface area (Å²) in [6.45, 7) is 7.75. The molecule has 0 aliphatic carbocycles. The predicted molar refractivity (Wildman–Crippen MR) is 178 cm³/mol. The molecule has 4 nitrogen and oxygen atoms in total. The molecule has 0 saturated heterocycles. The molecule has 8 rings (SSSR count). The van der Waals surface area contributed by atoms with Crippen molar-refractivity contribution in [2.24, 2.45) is 0 Å². The van der Waals surface area contributed by atoms with Crippen molar-refractivity contribution in [3.8, 4) is 44.9 Å². The van der Waals surface area contributed by atoms with Crippen molar-refractivity contribution in [1.29, 1.82) is 0 Å². The van der Waals surface area contributed by atoms with E-state index in [0.717, 1.165) is 34.0 Å². The zero-order valence-electron chi connectivity index (χ0n) is 24.4. The lowest BCUT2D eigenvalue weighted by molar-refractivity contribution is 0.533. The molecule has 8 aromatic rings. The first-order chi connectivity index (χ1) is 20.9. The normalized spacial score (nSPS) is 11.7. The van der Waals surface area contributed by atoms with Crippen LogP contribution in [-0.4, -0.2) is 9.97 Å². The van der Waals surface area contributed by atoms with Gasteiger partial charge in [0.1, 0.15) is 0 Å². The van der Waals surface area contributed by atoms with E-state index < -0.39 is 0 Å². The van der Waals surface area contributed by atoms with Crippen LogP contribution in [0.2, 0.25) is 0 Å². The largest absolute Gasteiger partial charge is 0.441 e. The van der Waals surface area contributed by atoms with Crippen molar-refractivity contribution in [1.82, 2.24) is 9.97 Å². The second-order valence-electron chi connectivity index (χ2n) is 11.1. The summed E-state index contributed by atoms with van der Waals surface area (Å²) in [7, 11) is 0. The van der Waals surface area contributed by atoms with E-state index >= 15 is 0 Å². The Balaban J connectivity index is 1.22. The highest BCUT2D eigenvalue weighted by Gasteiger charge is 2.16. The van der Waals surface area contributed by atoms with Gasteiger partial charge in [0.2, 0.25) is 0 Å². The molecule has 3 heterocycles. The number of fused-ring (bicyclic) bond motifs is 5. The van der Waals surface area contributed by atoms with Gasteiger partial charge >= 0.3 is 0 Å². The van der Waals surface area contributed by atoms with E-state index in [9.17, 15) is 0 Å². The summed E-state index contributed by atoms with van der Waals surface area (Å²) in [5.41, 5.74) is 8.72. The summed E-state index contributed by atoms with van der Waals surface area (Å²) in [6.07, 6.45) is 0. The second kappa shape index (κ2) is 9.79. The number of hydrogen-bond donors (Lipinski definition) is 0. The van der Waals surface area contributed by atoms with Crippen molar-refractivity contribution in [3.05, 3.63) is 120 Å². The molecule has 0 aliphatic heterocycles. The lowest BCUT2D eigenvalue weighted by Crippen LogP contribution is -1.84. The topological polar surface area (TPSA) is 52.1 Å². The fourth-order valence-electron chi connectivity index (χ4n) is 6.27. The van der Waals surface area contributed by atoms with E-state index in [0.29, 0.717) is 11.8 Å². The number of nitrogens with zero attached hydrogens (tertiary/aromatic N) is 2. The van der Waals surface area contributed by atoms with Crippen molar-refractivity contribution < 1.29 is 8.83 Å². The highest BCUT2D eigenvalue weighted by Crippen LogP contribution is 2.44. The zero-order valence-corrected chi connectivity index (χ0v) is 25.2. The molecule has 0 atom stereocenters. The van der Waals surface area contributed by atoms with Crippen LogP contribution in [0.4, 0.5) is 0 Å². The number of thiophene rings is 1. The van der Waals surface area contributed by atoms with Crippen LogP contribution < -0.4 is 0 Å². The Kier molecular flexibility index (Phi) is 5.85. The quantitative estimate of drug-likeness (QED) is 0.209. The van der Waals surface area contributed by atoms with Gasteiger partial charge in [0.25, 0.3) is 0 Å². The fourth-order valence-corrected chi connectivity index (χ4v) is 7.47. The summed E-state index contributed by atoms with van der Waals surface area (Å²) in [6, 6.07) is 35.2. The third kappa shape index (κ3) is 4.27. The molecule has 0 radical (unpaired) electrons. The molecule has 0 unspecified atom stereocenters. The zero-order chi connectivity index (χ0) is 29.2. The highest BCUT2D eigenvalue weighted by molar-refractivity contribution is 7.26. The standard InChI is InChI=1S/C38H28N2O2S/c1-21-37(41-23(3)39-21)27-13-9-25(10-14-27)29-17-18-32-34(19-29)43-35-20-33(30-7-5-6-8-31(30)36(32)35)26-11-15-28(16-12-26)38-22(2)40-24(4)42-38/h5-20H,1-4H3. The van der Waals surface area contributed by atoms with Gasteiger partial charge in [-0.3, -0.25) is 0 Å². The molecule has 3 aromatic heterocycles. The van der Waals surface area contributed by atoms with Gasteiger partial charge in [-0.25, -0.2) is 9.97 Å². The van der Waals surface area contributed by atoms with Gasteiger partial charge in [0, 0.05) is 45.1 Å².